The Bertz CT molecular complexity index is 1090. The lowest BCUT2D eigenvalue weighted by molar-refractivity contribution is 0.483. The van der Waals surface area contributed by atoms with Gasteiger partial charge >= 0.3 is 0 Å². The van der Waals surface area contributed by atoms with E-state index in [1.165, 1.54) is 39.4 Å². The lowest BCUT2D eigenvalue weighted by Gasteiger charge is -2.22. The number of aryl methyl sites for hydroxylation is 4. The van der Waals surface area contributed by atoms with E-state index in [0.29, 0.717) is 0 Å². The second kappa shape index (κ2) is 11.1. The van der Waals surface area contributed by atoms with Crippen molar-refractivity contribution in [1.29, 1.82) is 0 Å². The summed E-state index contributed by atoms with van der Waals surface area (Å²) >= 11 is 1.95. The van der Waals surface area contributed by atoms with E-state index in [1.807, 2.05) is 30.9 Å². The minimum Gasteiger partial charge on any atom is -0.282 e. The lowest BCUT2D eigenvalue weighted by Crippen LogP contribution is -2.12. The van der Waals surface area contributed by atoms with Crippen LogP contribution in [0.4, 0.5) is 0 Å². The minimum absolute atomic E-state index is 0.0666. The van der Waals surface area contributed by atoms with Crippen molar-refractivity contribution in [3.05, 3.63) is 88.7 Å². The van der Waals surface area contributed by atoms with Crippen LogP contribution < -0.4 is 0 Å². The van der Waals surface area contributed by atoms with Gasteiger partial charge in [0, 0.05) is 22.5 Å². The Hall–Kier alpha value is -2.15. The third kappa shape index (κ3) is 8.08. The molecule has 0 saturated carbocycles. The molecule has 3 aromatic rings. The third-order valence-corrected chi connectivity index (χ3v) is 7.18. The molecular weight excluding hydrogens is 438 g/mol. The highest BCUT2D eigenvalue weighted by molar-refractivity contribution is 7.99. The summed E-state index contributed by atoms with van der Waals surface area (Å²) < 4.78 is 29.6. The topological polar surface area (TPSA) is 67.3 Å². The highest BCUT2D eigenvalue weighted by Crippen LogP contribution is 2.32. The monoisotopic (exact) mass is 471 g/mol. The zero-order chi connectivity index (χ0) is 23.9. The molecule has 1 heterocycles. The fourth-order valence-electron chi connectivity index (χ4n) is 3.12. The van der Waals surface area contributed by atoms with Crippen molar-refractivity contribution in [1.82, 2.24) is 4.98 Å². The van der Waals surface area contributed by atoms with Crippen molar-refractivity contribution in [3.63, 3.8) is 0 Å². The lowest BCUT2D eigenvalue weighted by atomic mass is 9.85. The van der Waals surface area contributed by atoms with Crippen LogP contribution in [0, 0.1) is 20.8 Å². The van der Waals surface area contributed by atoms with E-state index in [9.17, 15) is 8.42 Å². The summed E-state index contributed by atoms with van der Waals surface area (Å²) in [7, 11) is -4.02. The zero-order valence-electron chi connectivity index (χ0n) is 19.7. The van der Waals surface area contributed by atoms with Gasteiger partial charge in [-0.15, -0.1) is 11.8 Å². The van der Waals surface area contributed by atoms with Crippen molar-refractivity contribution in [3.8, 4) is 0 Å². The first-order valence-electron chi connectivity index (χ1n) is 10.6. The summed E-state index contributed by atoms with van der Waals surface area (Å²) in [5.41, 5.74) is 6.56. The number of nitrogens with zero attached hydrogens (tertiary/aromatic N) is 1. The second-order valence-electron chi connectivity index (χ2n) is 8.90. The quantitative estimate of drug-likeness (QED) is 0.337. The fourth-order valence-corrected chi connectivity index (χ4v) is 4.69. The van der Waals surface area contributed by atoms with Gasteiger partial charge < -0.3 is 0 Å². The van der Waals surface area contributed by atoms with Crippen molar-refractivity contribution in [2.45, 2.75) is 63.2 Å². The molecule has 32 heavy (non-hydrogen) atoms. The molecule has 0 aliphatic rings. The number of aromatic nitrogens is 1. The molecule has 4 nitrogen and oxygen atoms in total. The molecule has 0 saturated heterocycles. The number of benzene rings is 2. The Balaban J connectivity index is 0.000000278. The maximum Gasteiger partial charge on any atom is 0.294 e. The Morgan fingerprint density at radius 3 is 2.00 bits per heavy atom. The minimum atomic E-state index is -4.02. The molecule has 0 bridgehead atoms. The van der Waals surface area contributed by atoms with E-state index >= 15 is 0 Å². The molecule has 172 valence electrons. The summed E-state index contributed by atoms with van der Waals surface area (Å²) in [6, 6.07) is 16.8. The Morgan fingerprint density at radius 1 is 0.938 bits per heavy atom. The normalized spacial score (nSPS) is 11.6. The van der Waals surface area contributed by atoms with Crippen LogP contribution in [0.25, 0.3) is 0 Å². The Morgan fingerprint density at radius 2 is 1.53 bits per heavy atom. The highest BCUT2D eigenvalue weighted by atomic mass is 32.2. The van der Waals surface area contributed by atoms with Gasteiger partial charge in [0.2, 0.25) is 0 Å². The van der Waals surface area contributed by atoms with E-state index < -0.39 is 10.1 Å². The first kappa shape index (κ1) is 26.1. The third-order valence-electron chi connectivity index (χ3n) is 4.98. The van der Waals surface area contributed by atoms with Crippen molar-refractivity contribution < 1.29 is 13.0 Å². The van der Waals surface area contributed by atoms with Gasteiger partial charge in [-0.25, -0.2) is 0 Å². The van der Waals surface area contributed by atoms with Crippen LogP contribution >= 0.6 is 11.8 Å². The second-order valence-corrected chi connectivity index (χ2v) is 11.4. The van der Waals surface area contributed by atoms with E-state index in [-0.39, 0.29) is 10.3 Å². The maximum absolute atomic E-state index is 10.5. The van der Waals surface area contributed by atoms with Gasteiger partial charge in [-0.05, 0) is 73.6 Å². The van der Waals surface area contributed by atoms with E-state index in [2.05, 4.69) is 63.9 Å². The fraction of sp³-hybridized carbons (Fsp3) is 0.346. The van der Waals surface area contributed by atoms with Crippen LogP contribution in [0.15, 0.2) is 70.6 Å². The molecule has 0 radical (unpaired) electrons. The zero-order valence-corrected chi connectivity index (χ0v) is 21.3. The summed E-state index contributed by atoms with van der Waals surface area (Å²) in [6.07, 6.45) is 2.89. The van der Waals surface area contributed by atoms with Crippen LogP contribution in [-0.2, 0) is 22.0 Å². The van der Waals surface area contributed by atoms with Crippen LogP contribution in [0.3, 0.4) is 0 Å². The summed E-state index contributed by atoms with van der Waals surface area (Å²) in [6.45, 7) is 13.1. The maximum atomic E-state index is 10.5. The molecule has 0 amide bonds. The summed E-state index contributed by atoms with van der Waals surface area (Å²) in [5, 5.41) is 0. The van der Waals surface area contributed by atoms with Crippen LogP contribution in [0.2, 0.25) is 0 Å². The number of hydrogen-bond donors (Lipinski definition) is 1. The predicted octanol–water partition coefficient (Wildman–Crippen LogP) is 6.57. The number of pyridine rings is 1. The van der Waals surface area contributed by atoms with E-state index in [1.54, 1.807) is 12.1 Å². The number of thioether (sulfide) groups is 1. The molecule has 0 aliphatic heterocycles. The SMILES string of the molecule is Cc1cc(C(C)(C)C)cc(C)c1SCCc1ccccn1.Cc1ccc(S(=O)(=O)O)cc1. The molecule has 0 atom stereocenters. The highest BCUT2D eigenvalue weighted by Gasteiger charge is 2.16. The first-order chi connectivity index (χ1) is 14.9. The number of rotatable bonds is 5. The first-order valence-corrected chi connectivity index (χ1v) is 13.0. The van der Waals surface area contributed by atoms with Gasteiger partial charge in [0.25, 0.3) is 10.1 Å². The van der Waals surface area contributed by atoms with Gasteiger partial charge in [0.1, 0.15) is 0 Å². The molecule has 6 heteroatoms. The molecule has 0 aliphatic carbocycles. The predicted molar refractivity (Wildman–Crippen MR) is 134 cm³/mol. The molecule has 0 spiro atoms. The standard InChI is InChI=1S/C19H25NS.C7H8O3S/c1-14-12-16(19(3,4)5)13-15(2)18(14)21-11-9-17-8-6-7-10-20-17;1-6-2-4-7(5-3-6)11(8,9)10/h6-8,10,12-13H,9,11H2,1-5H3;2-5H,1H3,(H,8,9,10). The molecule has 0 unspecified atom stereocenters. The Kier molecular flexibility index (Phi) is 9.08. The Labute approximate surface area is 197 Å². The molecule has 0 fully saturated rings. The molecule has 1 aromatic heterocycles. The van der Waals surface area contributed by atoms with Crippen LogP contribution in [0.1, 0.15) is 48.7 Å². The van der Waals surface area contributed by atoms with Gasteiger partial charge in [-0.2, -0.15) is 8.42 Å². The average molecular weight is 472 g/mol. The summed E-state index contributed by atoms with van der Waals surface area (Å²) in [5.74, 6) is 1.08. The molecule has 2 aromatic carbocycles. The smallest absolute Gasteiger partial charge is 0.282 e. The van der Waals surface area contributed by atoms with Gasteiger partial charge in [-0.3, -0.25) is 9.54 Å². The molecular formula is C26H33NO3S2. The van der Waals surface area contributed by atoms with E-state index in [0.717, 1.165) is 17.7 Å². The number of hydrogen-bond acceptors (Lipinski definition) is 4. The average Bonchev–Trinajstić information content (AvgIpc) is 2.70. The molecule has 1 N–H and O–H groups in total. The summed E-state index contributed by atoms with van der Waals surface area (Å²) in [4.78, 5) is 5.75. The van der Waals surface area contributed by atoms with Crippen molar-refractivity contribution in [2.24, 2.45) is 0 Å². The van der Waals surface area contributed by atoms with Gasteiger partial charge in [-0.1, -0.05) is 56.7 Å². The van der Waals surface area contributed by atoms with E-state index in [4.69, 9.17) is 4.55 Å². The van der Waals surface area contributed by atoms with Crippen LogP contribution in [-0.4, -0.2) is 23.7 Å². The van der Waals surface area contributed by atoms with Crippen LogP contribution in [0.5, 0.6) is 0 Å². The molecule has 3 rings (SSSR count). The van der Waals surface area contributed by atoms with Crippen molar-refractivity contribution in [2.75, 3.05) is 5.75 Å². The van der Waals surface area contributed by atoms with Crippen molar-refractivity contribution >= 4 is 21.9 Å². The largest absolute Gasteiger partial charge is 0.294 e. The van der Waals surface area contributed by atoms with Gasteiger partial charge in [0.15, 0.2) is 0 Å². The van der Waals surface area contributed by atoms with Gasteiger partial charge in [0.05, 0.1) is 4.90 Å².